The molecule has 0 unspecified atom stereocenters. The largest absolute Gasteiger partial charge is 0.497 e. The van der Waals surface area contributed by atoms with Crippen LogP contribution >= 0.6 is 0 Å². The Bertz CT molecular complexity index is 291. The Morgan fingerprint density at radius 3 is 2.77 bits per heavy atom. The summed E-state index contributed by atoms with van der Waals surface area (Å²) in [6.45, 7) is -0.275. The molecule has 0 fully saturated rings. The van der Waals surface area contributed by atoms with Crippen molar-refractivity contribution in [2.75, 3.05) is 13.7 Å². The van der Waals surface area contributed by atoms with Gasteiger partial charge in [-0.1, -0.05) is 6.07 Å². The van der Waals surface area contributed by atoms with Gasteiger partial charge in [-0.3, -0.25) is 0 Å². The van der Waals surface area contributed by atoms with Gasteiger partial charge in [-0.05, 0) is 6.07 Å². The van der Waals surface area contributed by atoms with E-state index in [1.165, 1.54) is 19.2 Å². The Hall–Kier alpha value is -1.13. The van der Waals surface area contributed by atoms with Crippen LogP contribution in [0.4, 0.5) is 4.39 Å². The number of aliphatic hydroxyl groups excluding tert-OH is 1. The molecule has 0 bridgehead atoms. The molecule has 1 rings (SSSR count). The van der Waals surface area contributed by atoms with E-state index in [9.17, 15) is 4.39 Å². The fourth-order valence-electron chi connectivity index (χ4n) is 1.03. The fraction of sp³-hybridized carbons (Fsp3) is 0.333. The van der Waals surface area contributed by atoms with Crippen molar-refractivity contribution >= 4 is 0 Å². The highest BCUT2D eigenvalue weighted by molar-refractivity contribution is 5.30. The van der Waals surface area contributed by atoms with Crippen LogP contribution in [0.2, 0.25) is 0 Å². The molecular weight excluding hydrogens is 173 g/mol. The zero-order valence-electron chi connectivity index (χ0n) is 7.33. The molecule has 0 aliphatic rings. The Balaban J connectivity index is 2.98. The fourth-order valence-corrected chi connectivity index (χ4v) is 1.03. The van der Waals surface area contributed by atoms with Crippen molar-refractivity contribution in [2.24, 2.45) is 5.73 Å². The van der Waals surface area contributed by atoms with E-state index in [2.05, 4.69) is 0 Å². The Labute approximate surface area is 75.9 Å². The maximum atomic E-state index is 13.2. The molecule has 1 aromatic carbocycles. The molecule has 0 aliphatic carbocycles. The van der Waals surface area contributed by atoms with Crippen molar-refractivity contribution in [3.05, 3.63) is 29.6 Å². The summed E-state index contributed by atoms with van der Waals surface area (Å²) < 4.78 is 18.0. The van der Waals surface area contributed by atoms with Crippen LogP contribution in [-0.4, -0.2) is 18.8 Å². The molecule has 4 heteroatoms. The van der Waals surface area contributed by atoms with Crippen molar-refractivity contribution in [3.63, 3.8) is 0 Å². The van der Waals surface area contributed by atoms with Crippen molar-refractivity contribution in [2.45, 2.75) is 6.04 Å². The van der Waals surface area contributed by atoms with Crippen LogP contribution < -0.4 is 10.5 Å². The van der Waals surface area contributed by atoms with Crippen molar-refractivity contribution < 1.29 is 14.2 Å². The van der Waals surface area contributed by atoms with Crippen LogP contribution in [0.1, 0.15) is 11.6 Å². The molecule has 0 heterocycles. The van der Waals surface area contributed by atoms with E-state index in [0.29, 0.717) is 11.3 Å². The van der Waals surface area contributed by atoms with Crippen LogP contribution in [-0.2, 0) is 0 Å². The summed E-state index contributed by atoms with van der Waals surface area (Å²) in [6, 6.07) is 3.68. The minimum atomic E-state index is -0.675. The van der Waals surface area contributed by atoms with Crippen molar-refractivity contribution in [1.82, 2.24) is 0 Å². The van der Waals surface area contributed by atoms with Gasteiger partial charge < -0.3 is 15.6 Å². The Morgan fingerprint density at radius 1 is 1.62 bits per heavy atom. The molecule has 0 aromatic heterocycles. The quantitative estimate of drug-likeness (QED) is 0.733. The lowest BCUT2D eigenvalue weighted by Gasteiger charge is -2.10. The number of aliphatic hydroxyl groups is 1. The molecular formula is C9H12FNO2. The molecule has 3 N–H and O–H groups in total. The predicted molar refractivity (Wildman–Crippen MR) is 47.0 cm³/mol. The van der Waals surface area contributed by atoms with Gasteiger partial charge in [0.25, 0.3) is 0 Å². The summed E-state index contributed by atoms with van der Waals surface area (Å²) in [6.07, 6.45) is 0. The Kier molecular flexibility index (Phi) is 3.22. The summed E-state index contributed by atoms with van der Waals surface area (Å²) >= 11 is 0. The van der Waals surface area contributed by atoms with Gasteiger partial charge in [-0.15, -0.1) is 0 Å². The average molecular weight is 185 g/mol. The van der Waals surface area contributed by atoms with E-state index in [-0.39, 0.29) is 6.61 Å². The molecule has 0 saturated carbocycles. The van der Waals surface area contributed by atoms with E-state index < -0.39 is 11.9 Å². The second-order valence-corrected chi connectivity index (χ2v) is 2.68. The lowest BCUT2D eigenvalue weighted by atomic mass is 10.1. The summed E-state index contributed by atoms with van der Waals surface area (Å²) in [7, 11) is 1.46. The van der Waals surface area contributed by atoms with Crippen molar-refractivity contribution in [1.29, 1.82) is 0 Å². The number of methoxy groups -OCH3 is 1. The van der Waals surface area contributed by atoms with Gasteiger partial charge in [0.15, 0.2) is 0 Å². The molecule has 1 aromatic rings. The van der Waals surface area contributed by atoms with E-state index in [0.717, 1.165) is 0 Å². The van der Waals surface area contributed by atoms with Crippen LogP contribution in [0.3, 0.4) is 0 Å². The molecule has 0 saturated heterocycles. The van der Waals surface area contributed by atoms with Gasteiger partial charge in [0, 0.05) is 11.6 Å². The van der Waals surface area contributed by atoms with Gasteiger partial charge in [-0.2, -0.15) is 0 Å². The van der Waals surface area contributed by atoms with Crippen molar-refractivity contribution in [3.8, 4) is 5.75 Å². The molecule has 0 spiro atoms. The van der Waals surface area contributed by atoms with Gasteiger partial charge in [0.1, 0.15) is 11.6 Å². The molecule has 0 aliphatic heterocycles. The monoisotopic (exact) mass is 185 g/mol. The summed E-state index contributed by atoms with van der Waals surface area (Å²) in [4.78, 5) is 0. The topological polar surface area (TPSA) is 55.5 Å². The lowest BCUT2D eigenvalue weighted by Crippen LogP contribution is -2.15. The van der Waals surface area contributed by atoms with Crippen LogP contribution in [0.25, 0.3) is 0 Å². The lowest BCUT2D eigenvalue weighted by molar-refractivity contribution is 0.265. The predicted octanol–water partition coefficient (Wildman–Crippen LogP) is 0.826. The number of ether oxygens (including phenoxy) is 1. The third-order valence-electron chi connectivity index (χ3n) is 1.80. The number of rotatable bonds is 3. The molecule has 13 heavy (non-hydrogen) atoms. The second kappa shape index (κ2) is 4.20. The number of hydrogen-bond acceptors (Lipinski definition) is 3. The zero-order chi connectivity index (χ0) is 9.84. The normalized spacial score (nSPS) is 12.6. The van der Waals surface area contributed by atoms with Gasteiger partial charge >= 0.3 is 0 Å². The standard InChI is InChI=1S/C9H12FNO2/c1-13-6-2-3-7(8(10)4-6)9(11)5-12/h2-4,9,12H,5,11H2,1H3/t9-/m1/s1. The first-order valence-corrected chi connectivity index (χ1v) is 3.89. The summed E-state index contributed by atoms with van der Waals surface area (Å²) in [5.41, 5.74) is 5.75. The van der Waals surface area contributed by atoms with E-state index in [1.54, 1.807) is 6.07 Å². The van der Waals surface area contributed by atoms with Crippen LogP contribution in [0, 0.1) is 5.82 Å². The highest BCUT2D eigenvalue weighted by Gasteiger charge is 2.10. The third-order valence-corrected chi connectivity index (χ3v) is 1.80. The Morgan fingerprint density at radius 2 is 2.31 bits per heavy atom. The first kappa shape index (κ1) is 9.95. The zero-order valence-corrected chi connectivity index (χ0v) is 7.33. The highest BCUT2D eigenvalue weighted by Crippen LogP contribution is 2.20. The first-order chi connectivity index (χ1) is 6.19. The highest BCUT2D eigenvalue weighted by atomic mass is 19.1. The first-order valence-electron chi connectivity index (χ1n) is 3.89. The number of benzene rings is 1. The molecule has 1 atom stereocenters. The molecule has 0 radical (unpaired) electrons. The van der Waals surface area contributed by atoms with Gasteiger partial charge in [0.2, 0.25) is 0 Å². The molecule has 3 nitrogen and oxygen atoms in total. The minimum absolute atomic E-state index is 0.275. The van der Waals surface area contributed by atoms with E-state index in [1.807, 2.05) is 0 Å². The van der Waals surface area contributed by atoms with Gasteiger partial charge in [0.05, 0.1) is 19.8 Å². The summed E-state index contributed by atoms with van der Waals surface area (Å²) in [5.74, 6) is -0.0210. The van der Waals surface area contributed by atoms with E-state index in [4.69, 9.17) is 15.6 Å². The van der Waals surface area contributed by atoms with Gasteiger partial charge in [-0.25, -0.2) is 4.39 Å². The SMILES string of the molecule is COc1ccc([C@H](N)CO)c(F)c1. The number of nitrogens with two attached hydrogens (primary N) is 1. The summed E-state index contributed by atoms with van der Waals surface area (Å²) in [5, 5.41) is 8.72. The second-order valence-electron chi connectivity index (χ2n) is 2.68. The maximum absolute atomic E-state index is 13.2. The van der Waals surface area contributed by atoms with Crippen LogP contribution in [0.5, 0.6) is 5.75 Å². The smallest absolute Gasteiger partial charge is 0.131 e. The van der Waals surface area contributed by atoms with Crippen LogP contribution in [0.15, 0.2) is 18.2 Å². The third kappa shape index (κ3) is 2.17. The maximum Gasteiger partial charge on any atom is 0.131 e. The molecule has 72 valence electrons. The van der Waals surface area contributed by atoms with E-state index >= 15 is 0 Å². The minimum Gasteiger partial charge on any atom is -0.497 e. The number of hydrogen-bond donors (Lipinski definition) is 2. The number of halogens is 1. The average Bonchev–Trinajstić information content (AvgIpc) is 2.16. The molecule has 0 amide bonds.